The van der Waals surface area contributed by atoms with Crippen LogP contribution in [0.5, 0.6) is 0 Å². The van der Waals surface area contributed by atoms with Gasteiger partial charge in [0.1, 0.15) is 0 Å². The summed E-state index contributed by atoms with van der Waals surface area (Å²) >= 11 is 0. The first-order chi connectivity index (χ1) is 12.3. The zero-order valence-electron chi connectivity index (χ0n) is 14.3. The van der Waals surface area contributed by atoms with Gasteiger partial charge in [0.15, 0.2) is 0 Å². The third kappa shape index (κ3) is 3.02. The van der Waals surface area contributed by atoms with E-state index in [9.17, 15) is 16.8 Å². The molecular weight excluding hydrogens is 372 g/mol. The third-order valence-corrected chi connectivity index (χ3v) is 8.07. The molecule has 0 aromatic heterocycles. The molecule has 0 bridgehead atoms. The summed E-state index contributed by atoms with van der Waals surface area (Å²) in [7, 11) is -7.55. The summed E-state index contributed by atoms with van der Waals surface area (Å²) in [5, 5.41) is 0. The topological polar surface area (TPSA) is 83.6 Å². The maximum Gasteiger partial charge on any atom is 0.264 e. The quantitative estimate of drug-likeness (QED) is 0.847. The van der Waals surface area contributed by atoms with E-state index in [0.29, 0.717) is 12.2 Å². The molecule has 2 aromatic carbocycles. The van der Waals surface area contributed by atoms with Crippen molar-refractivity contribution in [3.8, 4) is 0 Å². The fraction of sp³-hybridized carbons (Fsp3) is 0.333. The number of hydrogen-bond donors (Lipinski definition) is 1. The van der Waals surface area contributed by atoms with Gasteiger partial charge < -0.3 is 0 Å². The van der Waals surface area contributed by atoms with Crippen LogP contribution in [0.25, 0.3) is 0 Å². The van der Waals surface area contributed by atoms with Gasteiger partial charge >= 0.3 is 0 Å². The smallest absolute Gasteiger partial charge is 0.264 e. The SMILES string of the molecule is CC1CN(S(=O)(=O)c2cccc(S(=O)(=O)NC3CC3)c2)c2ccccc21. The first-order valence-corrected chi connectivity index (χ1v) is 11.5. The van der Waals surface area contributed by atoms with Crippen LogP contribution in [0, 0.1) is 0 Å². The van der Waals surface area contributed by atoms with Crippen molar-refractivity contribution in [1.29, 1.82) is 0 Å². The molecule has 0 saturated heterocycles. The van der Waals surface area contributed by atoms with Crippen LogP contribution in [0.15, 0.2) is 58.3 Å². The second-order valence-electron chi connectivity index (χ2n) is 6.87. The summed E-state index contributed by atoms with van der Waals surface area (Å²) in [5.74, 6) is 0.0874. The van der Waals surface area contributed by atoms with Crippen LogP contribution in [0.3, 0.4) is 0 Å². The number of hydrogen-bond acceptors (Lipinski definition) is 4. The van der Waals surface area contributed by atoms with Gasteiger partial charge in [0.05, 0.1) is 15.5 Å². The lowest BCUT2D eigenvalue weighted by Crippen LogP contribution is -2.30. The van der Waals surface area contributed by atoms with Crippen LogP contribution >= 0.6 is 0 Å². The Hall–Kier alpha value is -1.90. The molecule has 1 heterocycles. The molecule has 1 aliphatic heterocycles. The van der Waals surface area contributed by atoms with Crippen molar-refractivity contribution in [3.05, 3.63) is 54.1 Å². The predicted molar refractivity (Wildman–Crippen MR) is 99.2 cm³/mol. The molecule has 8 heteroatoms. The average Bonchev–Trinajstić information content (AvgIpc) is 3.36. The van der Waals surface area contributed by atoms with Crippen LogP contribution in [0.4, 0.5) is 5.69 Å². The summed E-state index contributed by atoms with van der Waals surface area (Å²) in [6.07, 6.45) is 1.64. The Kier molecular flexibility index (Phi) is 4.09. The monoisotopic (exact) mass is 392 g/mol. The van der Waals surface area contributed by atoms with E-state index in [2.05, 4.69) is 4.72 Å². The van der Waals surface area contributed by atoms with Crippen molar-refractivity contribution in [2.45, 2.75) is 41.5 Å². The van der Waals surface area contributed by atoms with Gasteiger partial charge in [-0.15, -0.1) is 0 Å². The van der Waals surface area contributed by atoms with Gasteiger partial charge in [-0.25, -0.2) is 21.6 Å². The fourth-order valence-electron chi connectivity index (χ4n) is 3.22. The Morgan fingerprint density at radius 2 is 1.65 bits per heavy atom. The van der Waals surface area contributed by atoms with E-state index in [1.807, 2.05) is 19.1 Å². The minimum absolute atomic E-state index is 0.0138. The molecule has 2 aliphatic rings. The number of nitrogens with zero attached hydrogens (tertiary/aromatic N) is 1. The highest BCUT2D eigenvalue weighted by atomic mass is 32.2. The Balaban J connectivity index is 1.72. The predicted octanol–water partition coefficient (Wildman–Crippen LogP) is 2.44. The lowest BCUT2D eigenvalue weighted by atomic mass is 10.0. The van der Waals surface area contributed by atoms with E-state index < -0.39 is 20.0 Å². The normalized spacial score (nSPS) is 20.2. The summed E-state index contributed by atoms with van der Waals surface area (Å²) < 4.78 is 55.1. The summed E-state index contributed by atoms with van der Waals surface area (Å²) in [5.41, 5.74) is 1.64. The minimum Gasteiger partial charge on any atom is -0.265 e. The van der Waals surface area contributed by atoms with E-state index >= 15 is 0 Å². The summed E-state index contributed by atoms with van der Waals surface area (Å²) in [4.78, 5) is -0.0360. The van der Waals surface area contributed by atoms with Gasteiger partial charge in [0.2, 0.25) is 10.0 Å². The second-order valence-corrected chi connectivity index (χ2v) is 10.4. The Morgan fingerprint density at radius 3 is 2.38 bits per heavy atom. The second kappa shape index (κ2) is 6.07. The molecule has 6 nitrogen and oxygen atoms in total. The molecule has 138 valence electrons. The molecule has 0 spiro atoms. The van der Waals surface area contributed by atoms with Crippen LogP contribution in [0.2, 0.25) is 0 Å². The van der Waals surface area contributed by atoms with Gasteiger partial charge in [0.25, 0.3) is 10.0 Å². The number of rotatable bonds is 5. The first kappa shape index (κ1) is 17.5. The zero-order valence-corrected chi connectivity index (χ0v) is 15.9. The lowest BCUT2D eigenvalue weighted by molar-refractivity contribution is 0.580. The van der Waals surface area contributed by atoms with Crippen molar-refractivity contribution in [2.75, 3.05) is 10.8 Å². The molecule has 1 N–H and O–H groups in total. The summed E-state index contributed by atoms with van der Waals surface area (Å²) in [6, 6.07) is 12.9. The van der Waals surface area contributed by atoms with Crippen molar-refractivity contribution >= 4 is 25.7 Å². The van der Waals surface area contributed by atoms with Crippen LogP contribution in [-0.2, 0) is 20.0 Å². The summed E-state index contributed by atoms with van der Waals surface area (Å²) in [6.45, 7) is 2.33. The van der Waals surface area contributed by atoms with Gasteiger partial charge in [-0.3, -0.25) is 4.31 Å². The zero-order chi connectivity index (χ0) is 18.5. The van der Waals surface area contributed by atoms with Gasteiger partial charge in [-0.05, 0) is 42.7 Å². The van der Waals surface area contributed by atoms with Crippen molar-refractivity contribution < 1.29 is 16.8 Å². The number of benzene rings is 2. The first-order valence-electron chi connectivity index (χ1n) is 8.53. The van der Waals surface area contributed by atoms with E-state index in [-0.39, 0.29) is 21.8 Å². The number of fused-ring (bicyclic) bond motifs is 1. The van der Waals surface area contributed by atoms with E-state index in [1.54, 1.807) is 12.1 Å². The number of anilines is 1. The standard InChI is InChI=1S/C18H20N2O4S2/c1-13-12-20(18-8-3-2-7-17(13)18)26(23,24)16-6-4-5-15(11-16)25(21,22)19-14-9-10-14/h2-8,11,13-14,19H,9-10,12H2,1H3. The molecule has 2 aromatic rings. The van der Waals surface area contributed by atoms with Crippen molar-refractivity contribution in [2.24, 2.45) is 0 Å². The Bertz CT molecular complexity index is 1060. The van der Waals surface area contributed by atoms with Crippen molar-refractivity contribution in [3.63, 3.8) is 0 Å². The van der Waals surface area contributed by atoms with E-state index in [0.717, 1.165) is 18.4 Å². The van der Waals surface area contributed by atoms with Crippen LogP contribution in [-0.4, -0.2) is 29.4 Å². The Labute approximate surface area is 153 Å². The number of sulfonamides is 2. The molecule has 1 unspecified atom stereocenters. The van der Waals surface area contributed by atoms with E-state index in [4.69, 9.17) is 0 Å². The maximum absolute atomic E-state index is 13.2. The largest absolute Gasteiger partial charge is 0.265 e. The molecular formula is C18H20N2O4S2. The van der Waals surface area contributed by atoms with Crippen LogP contribution in [0.1, 0.15) is 31.2 Å². The average molecular weight is 393 g/mol. The van der Waals surface area contributed by atoms with Crippen LogP contribution < -0.4 is 9.03 Å². The molecule has 0 radical (unpaired) electrons. The lowest BCUT2D eigenvalue weighted by Gasteiger charge is -2.20. The van der Waals surface area contributed by atoms with Gasteiger partial charge in [0, 0.05) is 18.5 Å². The molecule has 0 amide bonds. The highest BCUT2D eigenvalue weighted by Crippen LogP contribution is 2.39. The molecule has 26 heavy (non-hydrogen) atoms. The highest BCUT2D eigenvalue weighted by molar-refractivity contribution is 7.93. The molecule has 1 atom stereocenters. The number of para-hydroxylation sites is 1. The molecule has 1 aliphatic carbocycles. The Morgan fingerprint density at radius 1 is 0.962 bits per heavy atom. The van der Waals surface area contributed by atoms with Gasteiger partial charge in [-0.2, -0.15) is 0 Å². The minimum atomic E-state index is -3.84. The molecule has 1 saturated carbocycles. The highest BCUT2D eigenvalue weighted by Gasteiger charge is 2.35. The third-order valence-electron chi connectivity index (χ3n) is 4.78. The molecule has 4 rings (SSSR count). The van der Waals surface area contributed by atoms with Gasteiger partial charge in [-0.1, -0.05) is 31.2 Å². The fourth-order valence-corrected chi connectivity index (χ4v) is 6.27. The maximum atomic E-state index is 13.2. The van der Waals surface area contributed by atoms with E-state index in [1.165, 1.54) is 28.6 Å². The molecule has 1 fully saturated rings. The number of nitrogens with one attached hydrogen (secondary N) is 1. The van der Waals surface area contributed by atoms with Crippen molar-refractivity contribution in [1.82, 2.24) is 4.72 Å².